The first-order valence-electron chi connectivity index (χ1n) is 7.90. The minimum absolute atomic E-state index is 0. The van der Waals surface area contributed by atoms with Gasteiger partial charge in [0, 0.05) is 0 Å². The molecule has 0 atom stereocenters. The predicted octanol–water partition coefficient (Wildman–Crippen LogP) is 7.65. The van der Waals surface area contributed by atoms with Crippen LogP contribution in [0, 0.1) is 5.92 Å². The third-order valence-corrected chi connectivity index (χ3v) is 1.77. The van der Waals surface area contributed by atoms with Crippen LogP contribution >= 0.6 is 0 Å². The maximum atomic E-state index is 9.19. The average molecular weight is 351 g/mol. The van der Waals surface area contributed by atoms with E-state index in [1.807, 2.05) is 41.5 Å². The number of hydrogen-bond acceptors (Lipinski definition) is 2. The van der Waals surface area contributed by atoms with E-state index in [0.29, 0.717) is 5.92 Å². The Hall–Kier alpha value is -0.600. The van der Waals surface area contributed by atoms with Gasteiger partial charge in [-0.2, -0.15) is 0 Å². The predicted molar refractivity (Wildman–Crippen MR) is 119 cm³/mol. The highest BCUT2D eigenvalue weighted by Gasteiger charge is 2.13. The van der Waals surface area contributed by atoms with E-state index < -0.39 is 11.2 Å². The van der Waals surface area contributed by atoms with Crippen LogP contribution in [0.2, 0.25) is 0 Å². The van der Waals surface area contributed by atoms with Crippen LogP contribution in [0.15, 0.2) is 25.3 Å². The van der Waals surface area contributed by atoms with Crippen LogP contribution in [0.3, 0.4) is 0 Å². The lowest BCUT2D eigenvalue weighted by Gasteiger charge is -2.18. The molecule has 2 nitrogen and oxygen atoms in total. The zero-order valence-electron chi connectivity index (χ0n) is 16.2. The maximum absolute atomic E-state index is 9.19. The molecule has 0 saturated heterocycles. The molecule has 154 valence electrons. The number of rotatable bonds is 4. The molecule has 0 aromatic heterocycles. The maximum Gasteiger partial charge on any atom is 0.0594 e. The standard InChI is InChI=1S/C7H16O.C6H14O.2C3H6.3CH4/c1-6(2)5-7(3,4)8;1-4-5-6(2,3)7;2*1-3-2;;;/h6,8H,5H2,1-4H3;7H,4-5H2,1-3H3;2*3H,1H2,2H3;3*1H4. The highest BCUT2D eigenvalue weighted by atomic mass is 16.3. The van der Waals surface area contributed by atoms with E-state index in [0.717, 1.165) is 19.3 Å². The van der Waals surface area contributed by atoms with Crippen molar-refractivity contribution >= 4 is 0 Å². The monoisotopic (exact) mass is 350 g/mol. The Balaban J connectivity index is -0.0000000334. The Morgan fingerprint density at radius 3 is 1.08 bits per heavy atom. The fraction of sp³-hybridized carbons (Fsp3) is 0.818. The molecule has 24 heavy (non-hydrogen) atoms. The van der Waals surface area contributed by atoms with Crippen molar-refractivity contribution in [1.29, 1.82) is 0 Å². The first-order chi connectivity index (χ1) is 9.31. The summed E-state index contributed by atoms with van der Waals surface area (Å²) >= 11 is 0. The van der Waals surface area contributed by atoms with Gasteiger partial charge in [0.15, 0.2) is 0 Å². The molecule has 0 aromatic rings. The van der Waals surface area contributed by atoms with Crippen LogP contribution < -0.4 is 0 Å². The molecule has 0 aromatic carbocycles. The molecule has 0 radical (unpaired) electrons. The van der Waals surface area contributed by atoms with Crippen molar-refractivity contribution in [2.75, 3.05) is 0 Å². The highest BCUT2D eigenvalue weighted by Crippen LogP contribution is 2.13. The van der Waals surface area contributed by atoms with E-state index in [-0.39, 0.29) is 22.3 Å². The Morgan fingerprint density at radius 2 is 1.08 bits per heavy atom. The second-order valence-electron chi connectivity index (χ2n) is 6.79. The van der Waals surface area contributed by atoms with Crippen molar-refractivity contribution in [3.8, 4) is 0 Å². The number of allylic oxidation sites excluding steroid dienone is 2. The molecule has 0 aliphatic heterocycles. The van der Waals surface area contributed by atoms with Crippen LogP contribution in [-0.2, 0) is 0 Å². The molecule has 0 fully saturated rings. The summed E-state index contributed by atoms with van der Waals surface area (Å²) in [5.41, 5.74) is -0.928. The molecule has 0 amide bonds. The zero-order valence-corrected chi connectivity index (χ0v) is 16.2. The van der Waals surface area contributed by atoms with Gasteiger partial charge in [0.25, 0.3) is 0 Å². The van der Waals surface area contributed by atoms with Crippen LogP contribution in [-0.4, -0.2) is 21.4 Å². The van der Waals surface area contributed by atoms with Gasteiger partial charge in [-0.05, 0) is 60.3 Å². The molecule has 0 aliphatic carbocycles. The van der Waals surface area contributed by atoms with Crippen LogP contribution in [0.5, 0.6) is 0 Å². The van der Waals surface area contributed by atoms with E-state index in [1.54, 1.807) is 12.2 Å². The minimum atomic E-state index is -0.478. The second-order valence-corrected chi connectivity index (χ2v) is 6.79. The summed E-state index contributed by atoms with van der Waals surface area (Å²) in [6.07, 6.45) is 6.34. The molecule has 0 spiro atoms. The first-order valence-corrected chi connectivity index (χ1v) is 7.90. The molecule has 0 aliphatic rings. The molecule has 0 rings (SSSR count). The fourth-order valence-corrected chi connectivity index (χ4v) is 1.61. The fourth-order valence-electron chi connectivity index (χ4n) is 1.61. The molecule has 0 bridgehead atoms. The largest absolute Gasteiger partial charge is 0.390 e. The Kier molecular flexibility index (Phi) is 49.6. The van der Waals surface area contributed by atoms with Gasteiger partial charge in [-0.3, -0.25) is 0 Å². The summed E-state index contributed by atoms with van der Waals surface area (Å²) < 4.78 is 0. The first kappa shape index (κ1) is 43.7. The summed E-state index contributed by atoms with van der Waals surface area (Å²) in [5, 5.41) is 18.2. The molecule has 0 heterocycles. The van der Waals surface area contributed by atoms with Gasteiger partial charge >= 0.3 is 0 Å². The van der Waals surface area contributed by atoms with E-state index in [9.17, 15) is 5.11 Å². The molecule has 0 saturated carbocycles. The van der Waals surface area contributed by atoms with Gasteiger partial charge in [0.1, 0.15) is 0 Å². The zero-order chi connectivity index (χ0) is 18.1. The van der Waals surface area contributed by atoms with Crippen molar-refractivity contribution < 1.29 is 10.2 Å². The van der Waals surface area contributed by atoms with Crippen LogP contribution in [0.25, 0.3) is 0 Å². The summed E-state index contributed by atoms with van der Waals surface area (Å²) in [7, 11) is 0. The molecule has 2 N–H and O–H groups in total. The Labute approximate surface area is 157 Å². The molecular weight excluding hydrogens is 296 g/mol. The van der Waals surface area contributed by atoms with Gasteiger partial charge in [0.2, 0.25) is 0 Å². The summed E-state index contributed by atoms with van der Waals surface area (Å²) in [4.78, 5) is 0. The van der Waals surface area contributed by atoms with Crippen LogP contribution in [0.1, 0.15) is 104 Å². The third-order valence-electron chi connectivity index (χ3n) is 1.77. The SMILES string of the molecule is C.C.C.C=CC.C=CC.CC(C)CC(C)(C)O.CCCC(C)(C)O. The lowest BCUT2D eigenvalue weighted by Crippen LogP contribution is -2.20. The van der Waals surface area contributed by atoms with E-state index in [4.69, 9.17) is 5.11 Å². The van der Waals surface area contributed by atoms with Gasteiger partial charge < -0.3 is 10.2 Å². The van der Waals surface area contributed by atoms with Crippen molar-refractivity contribution in [3.63, 3.8) is 0 Å². The third kappa shape index (κ3) is 126. The smallest absolute Gasteiger partial charge is 0.0594 e. The molecular formula is C22H54O2. The van der Waals surface area contributed by atoms with Gasteiger partial charge in [-0.25, -0.2) is 0 Å². The summed E-state index contributed by atoms with van der Waals surface area (Å²) in [6, 6.07) is 0. The minimum Gasteiger partial charge on any atom is -0.390 e. The normalized spacial score (nSPS) is 8.83. The quantitative estimate of drug-likeness (QED) is 0.511. The Bertz CT molecular complexity index is 199. The lowest BCUT2D eigenvalue weighted by molar-refractivity contribution is 0.0578. The van der Waals surface area contributed by atoms with Crippen molar-refractivity contribution in [2.24, 2.45) is 5.92 Å². The average Bonchev–Trinajstić information content (AvgIpc) is 2.14. The number of aliphatic hydroxyl groups is 2. The van der Waals surface area contributed by atoms with Crippen LogP contribution in [0.4, 0.5) is 0 Å². The van der Waals surface area contributed by atoms with Gasteiger partial charge in [-0.15, -0.1) is 13.2 Å². The van der Waals surface area contributed by atoms with Gasteiger partial charge in [-0.1, -0.05) is 61.6 Å². The van der Waals surface area contributed by atoms with Crippen molar-refractivity contribution in [3.05, 3.63) is 25.3 Å². The van der Waals surface area contributed by atoms with E-state index in [1.165, 1.54) is 0 Å². The van der Waals surface area contributed by atoms with Crippen molar-refractivity contribution in [1.82, 2.24) is 0 Å². The lowest BCUT2D eigenvalue weighted by atomic mass is 9.97. The van der Waals surface area contributed by atoms with Gasteiger partial charge in [0.05, 0.1) is 11.2 Å². The number of hydrogen-bond donors (Lipinski definition) is 2. The van der Waals surface area contributed by atoms with Crippen molar-refractivity contribution in [2.45, 2.75) is 115 Å². The summed E-state index contributed by atoms with van der Waals surface area (Å²) in [6.45, 7) is 24.1. The molecule has 0 unspecified atom stereocenters. The topological polar surface area (TPSA) is 40.5 Å². The molecule has 2 heteroatoms. The highest BCUT2D eigenvalue weighted by molar-refractivity contribution is 4.66. The van der Waals surface area contributed by atoms with E-state index in [2.05, 4.69) is 33.9 Å². The second kappa shape index (κ2) is 27.3. The van der Waals surface area contributed by atoms with E-state index >= 15 is 0 Å². The summed E-state index contributed by atoms with van der Waals surface area (Å²) in [5.74, 6) is 0.593. The Morgan fingerprint density at radius 1 is 0.833 bits per heavy atom.